The van der Waals surface area contributed by atoms with Gasteiger partial charge in [0.05, 0.1) is 12.6 Å². The number of hydrogen-bond donors (Lipinski definition) is 2. The molecule has 2 aliphatic heterocycles. The molecule has 0 aliphatic carbocycles. The molecule has 104 valence electrons. The van der Waals surface area contributed by atoms with E-state index in [-0.39, 0.29) is 5.41 Å². The highest BCUT2D eigenvalue weighted by molar-refractivity contribution is 5.81. The zero-order valence-corrected chi connectivity index (χ0v) is 12.1. The molecule has 0 aromatic carbocycles. The van der Waals surface area contributed by atoms with Crippen molar-refractivity contribution in [3.05, 3.63) is 0 Å². The van der Waals surface area contributed by atoms with Crippen molar-refractivity contribution in [1.82, 2.24) is 10.6 Å². The van der Waals surface area contributed by atoms with Crippen LogP contribution < -0.4 is 10.6 Å². The molecule has 0 saturated carbocycles. The van der Waals surface area contributed by atoms with E-state index in [1.807, 2.05) is 0 Å². The van der Waals surface area contributed by atoms with Gasteiger partial charge in [-0.15, -0.1) is 0 Å². The standard InChI is InChI=1S/C14H27N3O/c1-10-8-15-13(17-10)16-9-11-6-5-7-18-12(11)14(2,3)4/h10-12H,5-9H2,1-4H3,(H2,15,16,17). The Morgan fingerprint density at radius 1 is 1.44 bits per heavy atom. The quantitative estimate of drug-likeness (QED) is 0.788. The molecule has 0 spiro atoms. The molecule has 2 N–H and O–H groups in total. The van der Waals surface area contributed by atoms with Gasteiger partial charge in [0, 0.05) is 25.1 Å². The fraction of sp³-hybridized carbons (Fsp3) is 0.929. The van der Waals surface area contributed by atoms with Gasteiger partial charge in [0.25, 0.3) is 0 Å². The van der Waals surface area contributed by atoms with Crippen LogP contribution in [0.1, 0.15) is 40.5 Å². The van der Waals surface area contributed by atoms with E-state index in [1.54, 1.807) is 0 Å². The lowest BCUT2D eigenvalue weighted by atomic mass is 9.78. The third kappa shape index (κ3) is 3.37. The Kier molecular flexibility index (Phi) is 4.15. The van der Waals surface area contributed by atoms with Crippen molar-refractivity contribution in [3.8, 4) is 0 Å². The lowest BCUT2D eigenvalue weighted by Crippen LogP contribution is -2.47. The second kappa shape index (κ2) is 5.47. The van der Waals surface area contributed by atoms with Crippen molar-refractivity contribution in [3.63, 3.8) is 0 Å². The Hall–Kier alpha value is -0.770. The molecule has 1 saturated heterocycles. The molecule has 0 aromatic heterocycles. The van der Waals surface area contributed by atoms with E-state index in [2.05, 4.69) is 43.3 Å². The van der Waals surface area contributed by atoms with E-state index >= 15 is 0 Å². The van der Waals surface area contributed by atoms with Crippen molar-refractivity contribution in [2.45, 2.75) is 52.7 Å². The van der Waals surface area contributed by atoms with Gasteiger partial charge < -0.3 is 15.4 Å². The molecule has 18 heavy (non-hydrogen) atoms. The summed E-state index contributed by atoms with van der Waals surface area (Å²) in [7, 11) is 0. The molecular weight excluding hydrogens is 226 g/mol. The van der Waals surface area contributed by atoms with Crippen LogP contribution in [0.15, 0.2) is 4.99 Å². The van der Waals surface area contributed by atoms with Gasteiger partial charge in [0.2, 0.25) is 0 Å². The Morgan fingerprint density at radius 2 is 2.22 bits per heavy atom. The summed E-state index contributed by atoms with van der Waals surface area (Å²) in [4.78, 5) is 4.44. The second-order valence-electron chi connectivity index (χ2n) is 6.68. The van der Waals surface area contributed by atoms with Gasteiger partial charge in [0.15, 0.2) is 5.96 Å². The van der Waals surface area contributed by atoms with Gasteiger partial charge >= 0.3 is 0 Å². The first kappa shape index (κ1) is 13.7. The number of hydrogen-bond acceptors (Lipinski definition) is 4. The smallest absolute Gasteiger partial charge is 0.191 e. The minimum absolute atomic E-state index is 0.213. The van der Waals surface area contributed by atoms with Crippen LogP contribution in [0.2, 0.25) is 0 Å². The average Bonchev–Trinajstić information content (AvgIpc) is 2.72. The van der Waals surface area contributed by atoms with Gasteiger partial charge in [-0.2, -0.15) is 0 Å². The highest BCUT2D eigenvalue weighted by Crippen LogP contribution is 2.33. The lowest BCUT2D eigenvalue weighted by Gasteiger charge is -2.40. The Labute approximate surface area is 111 Å². The Balaban J connectivity index is 1.86. The first-order valence-electron chi connectivity index (χ1n) is 7.13. The summed E-state index contributed by atoms with van der Waals surface area (Å²) in [5.41, 5.74) is 0.213. The third-order valence-electron chi connectivity index (χ3n) is 3.74. The largest absolute Gasteiger partial charge is 0.377 e. The Morgan fingerprint density at radius 3 is 2.83 bits per heavy atom. The highest BCUT2D eigenvalue weighted by atomic mass is 16.5. The van der Waals surface area contributed by atoms with Crippen LogP contribution in [0.5, 0.6) is 0 Å². The molecule has 3 atom stereocenters. The molecule has 1 fully saturated rings. The average molecular weight is 253 g/mol. The van der Waals surface area contributed by atoms with Gasteiger partial charge in [-0.1, -0.05) is 20.8 Å². The molecule has 0 amide bonds. The summed E-state index contributed by atoms with van der Waals surface area (Å²) in [6.07, 6.45) is 2.77. The van der Waals surface area contributed by atoms with Gasteiger partial charge in [-0.05, 0) is 25.2 Å². The monoisotopic (exact) mass is 253 g/mol. The van der Waals surface area contributed by atoms with E-state index in [9.17, 15) is 0 Å². The maximum Gasteiger partial charge on any atom is 0.191 e. The topological polar surface area (TPSA) is 45.7 Å². The SMILES string of the molecule is CC1CN=C(NCC2CCCOC2C(C)(C)C)N1. The van der Waals surface area contributed by atoms with Crippen LogP contribution in [0.25, 0.3) is 0 Å². The van der Waals surface area contributed by atoms with Gasteiger partial charge in [0.1, 0.15) is 0 Å². The minimum Gasteiger partial charge on any atom is -0.377 e. The number of nitrogens with one attached hydrogen (secondary N) is 2. The van der Waals surface area contributed by atoms with Crippen LogP contribution in [-0.4, -0.2) is 37.8 Å². The molecule has 0 aromatic rings. The summed E-state index contributed by atoms with van der Waals surface area (Å²) >= 11 is 0. The molecular formula is C14H27N3O. The fourth-order valence-electron chi connectivity index (χ4n) is 2.90. The van der Waals surface area contributed by atoms with E-state index in [1.165, 1.54) is 12.8 Å². The number of guanidine groups is 1. The summed E-state index contributed by atoms with van der Waals surface area (Å²) in [5, 5.41) is 6.79. The minimum atomic E-state index is 0.213. The molecule has 2 heterocycles. The summed E-state index contributed by atoms with van der Waals surface area (Å²) in [6, 6.07) is 0.466. The molecule has 4 heteroatoms. The van der Waals surface area contributed by atoms with Crippen LogP contribution in [-0.2, 0) is 4.74 Å². The number of aliphatic imine (C=N–C) groups is 1. The zero-order valence-electron chi connectivity index (χ0n) is 12.1. The highest BCUT2D eigenvalue weighted by Gasteiger charge is 2.35. The van der Waals surface area contributed by atoms with Crippen molar-refractivity contribution in [1.29, 1.82) is 0 Å². The number of nitrogens with zero attached hydrogens (tertiary/aromatic N) is 1. The van der Waals surface area contributed by atoms with E-state index in [0.29, 0.717) is 18.1 Å². The lowest BCUT2D eigenvalue weighted by molar-refractivity contribution is -0.0835. The van der Waals surface area contributed by atoms with Crippen LogP contribution >= 0.6 is 0 Å². The summed E-state index contributed by atoms with van der Waals surface area (Å²) in [5.74, 6) is 1.54. The zero-order chi connectivity index (χ0) is 13.2. The maximum absolute atomic E-state index is 5.99. The van der Waals surface area contributed by atoms with E-state index < -0.39 is 0 Å². The number of rotatable bonds is 2. The molecule has 0 radical (unpaired) electrons. The molecule has 2 aliphatic rings. The van der Waals surface area contributed by atoms with Crippen molar-refractivity contribution in [2.75, 3.05) is 19.7 Å². The van der Waals surface area contributed by atoms with E-state index in [4.69, 9.17) is 4.74 Å². The third-order valence-corrected chi connectivity index (χ3v) is 3.74. The van der Waals surface area contributed by atoms with Crippen molar-refractivity contribution in [2.24, 2.45) is 16.3 Å². The summed E-state index contributed by atoms with van der Waals surface area (Å²) < 4.78 is 5.99. The molecule has 3 unspecified atom stereocenters. The maximum atomic E-state index is 5.99. The second-order valence-corrected chi connectivity index (χ2v) is 6.68. The molecule has 4 nitrogen and oxygen atoms in total. The van der Waals surface area contributed by atoms with Crippen molar-refractivity contribution >= 4 is 5.96 Å². The first-order valence-corrected chi connectivity index (χ1v) is 7.13. The first-order chi connectivity index (χ1) is 8.47. The molecule has 2 rings (SSSR count). The van der Waals surface area contributed by atoms with E-state index in [0.717, 1.165) is 25.7 Å². The van der Waals surface area contributed by atoms with Crippen LogP contribution in [0.3, 0.4) is 0 Å². The number of ether oxygens (including phenoxy) is 1. The summed E-state index contributed by atoms with van der Waals surface area (Å²) in [6.45, 7) is 11.7. The van der Waals surface area contributed by atoms with Gasteiger partial charge in [-0.3, -0.25) is 4.99 Å². The fourth-order valence-corrected chi connectivity index (χ4v) is 2.90. The van der Waals surface area contributed by atoms with Crippen LogP contribution in [0, 0.1) is 11.3 Å². The predicted molar refractivity (Wildman–Crippen MR) is 74.8 cm³/mol. The Bertz CT molecular complexity index is 309. The van der Waals surface area contributed by atoms with Crippen molar-refractivity contribution < 1.29 is 4.74 Å². The van der Waals surface area contributed by atoms with Crippen LogP contribution in [0.4, 0.5) is 0 Å². The van der Waals surface area contributed by atoms with Gasteiger partial charge in [-0.25, -0.2) is 0 Å². The normalized spacial score (nSPS) is 32.9. The predicted octanol–water partition coefficient (Wildman–Crippen LogP) is 1.76. The molecule has 0 bridgehead atoms.